The molecule has 5 aliphatic rings. The standard InChI is InChI=1S/C23H32N4O4/c1-14-12-26(20(29)13-28)5-6-27(14)19-4-2-3-18(24-19)22(30)25-21-16-7-15-8-17(21)11-23(31,9-15)10-16/h2-4,14-17,21,28,31H,5-13H2,1H3,(H,25,30)/t14-,15?,16?,17?,21?,23?/m1/s1. The van der Waals surface area contributed by atoms with Gasteiger partial charge in [0.15, 0.2) is 0 Å². The molecule has 4 aliphatic carbocycles. The molecule has 3 N–H and O–H groups in total. The maximum absolute atomic E-state index is 13.1. The van der Waals surface area contributed by atoms with Crippen molar-refractivity contribution in [3.05, 3.63) is 23.9 Å². The van der Waals surface area contributed by atoms with E-state index in [0.29, 0.717) is 43.1 Å². The average molecular weight is 429 g/mol. The molecule has 31 heavy (non-hydrogen) atoms. The Kier molecular flexibility index (Phi) is 5.17. The minimum absolute atomic E-state index is 0.0419. The molecule has 8 heteroatoms. The van der Waals surface area contributed by atoms with Gasteiger partial charge in [-0.3, -0.25) is 9.59 Å². The van der Waals surface area contributed by atoms with Crippen LogP contribution in [0.1, 0.15) is 49.5 Å². The number of piperazine rings is 1. The lowest BCUT2D eigenvalue weighted by molar-refractivity contribution is -0.137. The molecule has 5 fully saturated rings. The van der Waals surface area contributed by atoms with Crippen molar-refractivity contribution in [1.82, 2.24) is 15.2 Å². The van der Waals surface area contributed by atoms with E-state index in [0.717, 1.165) is 37.9 Å². The van der Waals surface area contributed by atoms with Crippen molar-refractivity contribution in [3.8, 4) is 0 Å². The summed E-state index contributed by atoms with van der Waals surface area (Å²) < 4.78 is 0. The number of amides is 2. The third-order valence-corrected chi connectivity index (χ3v) is 7.92. The van der Waals surface area contributed by atoms with Crippen molar-refractivity contribution in [1.29, 1.82) is 0 Å². The zero-order valence-electron chi connectivity index (χ0n) is 18.0. The molecule has 3 atom stereocenters. The minimum Gasteiger partial charge on any atom is -0.390 e. The second-order valence-electron chi connectivity index (χ2n) is 10.1. The topological polar surface area (TPSA) is 106 Å². The maximum Gasteiger partial charge on any atom is 0.270 e. The number of rotatable bonds is 4. The number of nitrogens with zero attached hydrogens (tertiary/aromatic N) is 3. The number of carbonyl (C=O) groups is 2. The van der Waals surface area contributed by atoms with E-state index in [1.165, 1.54) is 0 Å². The molecule has 2 heterocycles. The number of aromatic nitrogens is 1. The maximum atomic E-state index is 13.1. The van der Waals surface area contributed by atoms with Crippen LogP contribution in [0.4, 0.5) is 5.82 Å². The summed E-state index contributed by atoms with van der Waals surface area (Å²) in [6.45, 7) is 3.20. The molecule has 1 saturated heterocycles. The molecule has 8 nitrogen and oxygen atoms in total. The Balaban J connectivity index is 1.26. The highest BCUT2D eigenvalue weighted by molar-refractivity contribution is 5.93. The molecule has 1 aromatic heterocycles. The minimum atomic E-state index is -0.508. The van der Waals surface area contributed by atoms with E-state index in [2.05, 4.69) is 15.2 Å². The van der Waals surface area contributed by atoms with E-state index in [4.69, 9.17) is 5.11 Å². The molecule has 1 aromatic rings. The molecule has 2 unspecified atom stereocenters. The van der Waals surface area contributed by atoms with E-state index in [-0.39, 0.29) is 23.9 Å². The fourth-order valence-corrected chi connectivity index (χ4v) is 6.78. The summed E-state index contributed by atoms with van der Waals surface area (Å²) >= 11 is 0. The summed E-state index contributed by atoms with van der Waals surface area (Å²) in [5.41, 5.74) is -0.0999. The van der Waals surface area contributed by atoms with Crippen LogP contribution in [-0.2, 0) is 4.79 Å². The summed E-state index contributed by atoms with van der Waals surface area (Å²) in [5.74, 6) is 1.66. The molecular formula is C23H32N4O4. The van der Waals surface area contributed by atoms with Gasteiger partial charge in [0.1, 0.15) is 18.1 Å². The molecule has 168 valence electrons. The molecular weight excluding hydrogens is 396 g/mol. The van der Waals surface area contributed by atoms with Gasteiger partial charge in [0.05, 0.1) is 5.60 Å². The highest BCUT2D eigenvalue weighted by Crippen LogP contribution is 2.55. The van der Waals surface area contributed by atoms with Gasteiger partial charge < -0.3 is 25.3 Å². The molecule has 4 saturated carbocycles. The Morgan fingerprint density at radius 2 is 1.94 bits per heavy atom. The number of anilines is 1. The van der Waals surface area contributed by atoms with Crippen LogP contribution >= 0.6 is 0 Å². The van der Waals surface area contributed by atoms with Crippen molar-refractivity contribution in [2.75, 3.05) is 31.1 Å². The molecule has 0 radical (unpaired) electrons. The van der Waals surface area contributed by atoms with E-state index in [1.54, 1.807) is 11.0 Å². The first kappa shape index (κ1) is 20.7. The average Bonchev–Trinajstić information content (AvgIpc) is 2.74. The SMILES string of the molecule is C[C@@H]1CN(C(=O)CO)CCN1c1cccc(C(=O)NC2C3CC4CC2CC(O)(C4)C3)n1. The Labute approximate surface area is 182 Å². The monoisotopic (exact) mass is 428 g/mol. The summed E-state index contributed by atoms with van der Waals surface area (Å²) in [5, 5.41) is 23.1. The van der Waals surface area contributed by atoms with Gasteiger partial charge >= 0.3 is 0 Å². The van der Waals surface area contributed by atoms with Gasteiger partial charge in [-0.25, -0.2) is 4.98 Å². The second kappa shape index (κ2) is 7.74. The number of hydrogen-bond donors (Lipinski definition) is 3. The third-order valence-electron chi connectivity index (χ3n) is 7.92. The van der Waals surface area contributed by atoms with Crippen LogP contribution in [0.2, 0.25) is 0 Å². The predicted octanol–water partition coefficient (Wildman–Crippen LogP) is 0.780. The predicted molar refractivity (Wildman–Crippen MR) is 114 cm³/mol. The Hall–Kier alpha value is -2.19. The largest absolute Gasteiger partial charge is 0.390 e. The first-order valence-electron chi connectivity index (χ1n) is 11.5. The van der Waals surface area contributed by atoms with Crippen LogP contribution in [0.3, 0.4) is 0 Å². The fraction of sp³-hybridized carbons (Fsp3) is 0.696. The van der Waals surface area contributed by atoms with Gasteiger partial charge in [-0.15, -0.1) is 0 Å². The second-order valence-corrected chi connectivity index (χ2v) is 10.1. The molecule has 6 rings (SSSR count). The van der Waals surface area contributed by atoms with E-state index < -0.39 is 12.2 Å². The smallest absolute Gasteiger partial charge is 0.270 e. The van der Waals surface area contributed by atoms with Crippen molar-refractivity contribution in [3.63, 3.8) is 0 Å². The number of carbonyl (C=O) groups excluding carboxylic acids is 2. The fourth-order valence-electron chi connectivity index (χ4n) is 6.78. The molecule has 2 amide bonds. The first-order chi connectivity index (χ1) is 14.8. The van der Waals surface area contributed by atoms with Gasteiger partial charge in [0.2, 0.25) is 5.91 Å². The van der Waals surface area contributed by atoms with Crippen LogP contribution in [0.25, 0.3) is 0 Å². The van der Waals surface area contributed by atoms with Crippen LogP contribution < -0.4 is 10.2 Å². The summed E-state index contributed by atoms with van der Waals surface area (Å²) in [6.07, 6.45) is 4.73. The first-order valence-corrected chi connectivity index (χ1v) is 11.5. The van der Waals surface area contributed by atoms with Crippen LogP contribution in [0.5, 0.6) is 0 Å². The number of pyridine rings is 1. The van der Waals surface area contributed by atoms with Crippen molar-refractivity contribution in [2.45, 2.75) is 56.7 Å². The molecule has 0 spiro atoms. The van der Waals surface area contributed by atoms with Crippen LogP contribution in [0, 0.1) is 17.8 Å². The lowest BCUT2D eigenvalue weighted by Gasteiger charge is -2.58. The van der Waals surface area contributed by atoms with Crippen molar-refractivity contribution in [2.24, 2.45) is 17.8 Å². The van der Waals surface area contributed by atoms with Gasteiger partial charge in [-0.2, -0.15) is 0 Å². The lowest BCUT2D eigenvalue weighted by Crippen LogP contribution is -2.61. The van der Waals surface area contributed by atoms with Crippen LogP contribution in [0.15, 0.2) is 18.2 Å². The molecule has 4 bridgehead atoms. The van der Waals surface area contributed by atoms with Gasteiger partial charge in [0, 0.05) is 31.7 Å². The normalized spacial score (nSPS) is 36.5. The molecule has 0 aromatic carbocycles. The third kappa shape index (κ3) is 3.80. The highest BCUT2D eigenvalue weighted by atomic mass is 16.3. The zero-order valence-corrected chi connectivity index (χ0v) is 18.0. The quantitative estimate of drug-likeness (QED) is 0.655. The van der Waals surface area contributed by atoms with Gasteiger partial charge in [0.25, 0.3) is 5.91 Å². The zero-order chi connectivity index (χ0) is 21.8. The Bertz CT molecular complexity index is 861. The van der Waals surface area contributed by atoms with Gasteiger partial charge in [-0.1, -0.05) is 6.07 Å². The number of aliphatic hydroxyl groups is 2. The summed E-state index contributed by atoms with van der Waals surface area (Å²) in [7, 11) is 0. The number of nitrogens with one attached hydrogen (secondary N) is 1. The number of hydrogen-bond acceptors (Lipinski definition) is 6. The highest BCUT2D eigenvalue weighted by Gasteiger charge is 2.55. The van der Waals surface area contributed by atoms with E-state index >= 15 is 0 Å². The molecule has 1 aliphatic heterocycles. The van der Waals surface area contributed by atoms with E-state index in [1.807, 2.05) is 19.1 Å². The Morgan fingerprint density at radius 1 is 1.19 bits per heavy atom. The van der Waals surface area contributed by atoms with Gasteiger partial charge in [-0.05, 0) is 68.9 Å². The summed E-state index contributed by atoms with van der Waals surface area (Å²) in [6, 6.07) is 5.67. The number of aliphatic hydroxyl groups excluding tert-OH is 1. The summed E-state index contributed by atoms with van der Waals surface area (Å²) in [4.78, 5) is 33.3. The van der Waals surface area contributed by atoms with Crippen molar-refractivity contribution >= 4 is 17.6 Å². The lowest BCUT2D eigenvalue weighted by atomic mass is 9.52. The van der Waals surface area contributed by atoms with Crippen LogP contribution in [-0.4, -0.2) is 75.8 Å². The van der Waals surface area contributed by atoms with Crippen molar-refractivity contribution < 1.29 is 19.8 Å². The van der Waals surface area contributed by atoms with E-state index in [9.17, 15) is 14.7 Å². The Morgan fingerprint density at radius 3 is 2.58 bits per heavy atom.